The summed E-state index contributed by atoms with van der Waals surface area (Å²) in [5.74, 6) is -0.386. The van der Waals surface area contributed by atoms with Crippen molar-refractivity contribution in [2.45, 2.75) is 23.9 Å². The van der Waals surface area contributed by atoms with E-state index in [9.17, 15) is 9.59 Å². The minimum atomic E-state index is -0.521. The third-order valence-electron chi connectivity index (χ3n) is 3.47. The molecule has 2 heterocycles. The van der Waals surface area contributed by atoms with Gasteiger partial charge in [0.1, 0.15) is 0 Å². The van der Waals surface area contributed by atoms with E-state index in [-0.39, 0.29) is 5.91 Å². The Morgan fingerprint density at radius 2 is 1.88 bits per heavy atom. The SMILES string of the molecule is C[C@H](Sc1nnc2ccccn12)C(=O)NC(=O)NCc1ccccc1. The molecule has 0 aliphatic heterocycles. The average Bonchev–Trinajstić information content (AvgIpc) is 3.04. The monoisotopic (exact) mass is 355 g/mol. The van der Waals surface area contributed by atoms with Gasteiger partial charge < -0.3 is 5.32 Å². The number of pyridine rings is 1. The van der Waals surface area contributed by atoms with Gasteiger partial charge in [0, 0.05) is 12.7 Å². The van der Waals surface area contributed by atoms with Crippen molar-refractivity contribution in [3.05, 3.63) is 60.3 Å². The van der Waals surface area contributed by atoms with Gasteiger partial charge >= 0.3 is 6.03 Å². The highest BCUT2D eigenvalue weighted by molar-refractivity contribution is 8.00. The first-order valence-corrected chi connectivity index (χ1v) is 8.60. The van der Waals surface area contributed by atoms with Crippen molar-refractivity contribution in [3.63, 3.8) is 0 Å². The van der Waals surface area contributed by atoms with Crippen LogP contribution in [0.2, 0.25) is 0 Å². The summed E-state index contributed by atoms with van der Waals surface area (Å²) < 4.78 is 1.80. The van der Waals surface area contributed by atoms with Crippen LogP contribution in [-0.4, -0.2) is 31.8 Å². The number of hydrogen-bond acceptors (Lipinski definition) is 5. The second kappa shape index (κ2) is 7.80. The van der Waals surface area contributed by atoms with Crippen molar-refractivity contribution in [3.8, 4) is 0 Å². The van der Waals surface area contributed by atoms with Gasteiger partial charge in [-0.05, 0) is 24.6 Å². The van der Waals surface area contributed by atoms with Crippen LogP contribution < -0.4 is 10.6 Å². The van der Waals surface area contributed by atoms with Crippen molar-refractivity contribution in [1.29, 1.82) is 0 Å². The number of nitrogens with one attached hydrogen (secondary N) is 2. The fourth-order valence-corrected chi connectivity index (χ4v) is 2.99. The predicted molar refractivity (Wildman–Crippen MR) is 95.1 cm³/mol. The highest BCUT2D eigenvalue weighted by Gasteiger charge is 2.19. The molecule has 0 aliphatic rings. The summed E-state index contributed by atoms with van der Waals surface area (Å²) in [4.78, 5) is 24.0. The molecular weight excluding hydrogens is 338 g/mol. The van der Waals surface area contributed by atoms with Crippen molar-refractivity contribution in [1.82, 2.24) is 25.2 Å². The lowest BCUT2D eigenvalue weighted by atomic mass is 10.2. The van der Waals surface area contributed by atoms with E-state index < -0.39 is 11.3 Å². The van der Waals surface area contributed by atoms with Crippen molar-refractivity contribution < 1.29 is 9.59 Å². The summed E-state index contributed by atoms with van der Waals surface area (Å²) in [5.41, 5.74) is 1.67. The number of imide groups is 1. The molecule has 25 heavy (non-hydrogen) atoms. The summed E-state index contributed by atoms with van der Waals surface area (Å²) in [7, 11) is 0. The van der Waals surface area contributed by atoms with Gasteiger partial charge in [0.15, 0.2) is 10.8 Å². The summed E-state index contributed by atoms with van der Waals surface area (Å²) in [6, 6.07) is 14.5. The maximum atomic E-state index is 12.2. The Morgan fingerprint density at radius 1 is 1.12 bits per heavy atom. The number of fused-ring (bicyclic) bond motifs is 1. The largest absolute Gasteiger partial charge is 0.334 e. The molecule has 2 aromatic heterocycles. The molecule has 3 aromatic rings. The van der Waals surface area contributed by atoms with E-state index in [1.165, 1.54) is 11.8 Å². The zero-order valence-corrected chi connectivity index (χ0v) is 14.4. The van der Waals surface area contributed by atoms with Crippen LogP contribution in [0, 0.1) is 0 Å². The van der Waals surface area contributed by atoms with E-state index >= 15 is 0 Å². The second-order valence-corrected chi connectivity index (χ2v) is 6.64. The number of benzene rings is 1. The third kappa shape index (κ3) is 4.36. The lowest BCUT2D eigenvalue weighted by Gasteiger charge is -2.11. The van der Waals surface area contributed by atoms with Crippen LogP contribution in [0.25, 0.3) is 5.65 Å². The minimum Gasteiger partial charge on any atom is -0.334 e. The van der Waals surface area contributed by atoms with Gasteiger partial charge in [-0.15, -0.1) is 10.2 Å². The molecular formula is C17H17N5O2S. The molecule has 2 N–H and O–H groups in total. The standard InChI is InChI=1S/C17H17N5O2S/c1-12(25-17-21-20-14-9-5-6-10-22(14)17)15(23)19-16(24)18-11-13-7-3-2-4-8-13/h2-10,12H,11H2,1H3,(H2,18,19,23,24)/t12-/m0/s1. The molecule has 0 aliphatic carbocycles. The maximum absolute atomic E-state index is 12.2. The van der Waals surface area contributed by atoms with Gasteiger partial charge in [0.25, 0.3) is 0 Å². The highest BCUT2D eigenvalue weighted by atomic mass is 32.2. The van der Waals surface area contributed by atoms with Gasteiger partial charge in [0.05, 0.1) is 5.25 Å². The summed E-state index contributed by atoms with van der Waals surface area (Å²) >= 11 is 1.24. The zero-order valence-electron chi connectivity index (χ0n) is 13.5. The molecule has 0 fully saturated rings. The van der Waals surface area contributed by atoms with Gasteiger partial charge in [-0.25, -0.2) is 4.79 Å². The van der Waals surface area contributed by atoms with Crippen LogP contribution in [0.3, 0.4) is 0 Å². The summed E-state index contributed by atoms with van der Waals surface area (Å²) in [5, 5.41) is 13.2. The fourth-order valence-electron chi connectivity index (χ4n) is 2.15. The number of amides is 3. The first kappa shape index (κ1) is 17.0. The number of urea groups is 1. The number of carbonyl (C=O) groups excluding carboxylic acids is 2. The van der Waals surface area contributed by atoms with E-state index in [0.29, 0.717) is 17.3 Å². The number of aromatic nitrogens is 3. The Kier molecular flexibility index (Phi) is 5.30. The van der Waals surface area contributed by atoms with E-state index in [0.717, 1.165) is 5.56 Å². The van der Waals surface area contributed by atoms with Crippen LogP contribution in [0.5, 0.6) is 0 Å². The van der Waals surface area contributed by atoms with E-state index in [4.69, 9.17) is 0 Å². The first-order valence-electron chi connectivity index (χ1n) is 7.72. The van der Waals surface area contributed by atoms with Gasteiger partial charge in [-0.2, -0.15) is 0 Å². The topological polar surface area (TPSA) is 88.4 Å². The molecule has 1 aromatic carbocycles. The molecule has 128 valence electrons. The van der Waals surface area contributed by atoms with E-state index in [2.05, 4.69) is 20.8 Å². The zero-order chi connectivity index (χ0) is 17.6. The fraction of sp³-hybridized carbons (Fsp3) is 0.176. The predicted octanol–water partition coefficient (Wildman–Crippen LogP) is 2.24. The molecule has 3 amide bonds. The number of nitrogens with zero attached hydrogens (tertiary/aromatic N) is 3. The molecule has 3 rings (SSSR count). The molecule has 8 heteroatoms. The number of carbonyl (C=O) groups is 2. The highest BCUT2D eigenvalue weighted by Crippen LogP contribution is 2.21. The molecule has 0 saturated heterocycles. The van der Waals surface area contributed by atoms with Crippen LogP contribution in [0.15, 0.2) is 59.9 Å². The van der Waals surface area contributed by atoms with Gasteiger partial charge in [0.2, 0.25) is 5.91 Å². The number of thioether (sulfide) groups is 1. The summed E-state index contributed by atoms with van der Waals surface area (Å²) in [6.07, 6.45) is 1.83. The molecule has 7 nitrogen and oxygen atoms in total. The number of rotatable bonds is 5. The lowest BCUT2D eigenvalue weighted by Crippen LogP contribution is -2.42. The third-order valence-corrected chi connectivity index (χ3v) is 4.52. The lowest BCUT2D eigenvalue weighted by molar-refractivity contribution is -0.119. The van der Waals surface area contributed by atoms with Gasteiger partial charge in [-0.3, -0.25) is 14.5 Å². The average molecular weight is 355 g/mol. The van der Waals surface area contributed by atoms with Crippen molar-refractivity contribution >= 4 is 29.3 Å². The smallest absolute Gasteiger partial charge is 0.321 e. The normalized spacial score (nSPS) is 11.9. The minimum absolute atomic E-state index is 0.357. The second-order valence-electron chi connectivity index (χ2n) is 5.33. The molecule has 0 bridgehead atoms. The Balaban J connectivity index is 1.53. The Bertz CT molecular complexity index is 881. The Labute approximate surface area is 148 Å². The van der Waals surface area contributed by atoms with E-state index in [1.54, 1.807) is 11.3 Å². The van der Waals surface area contributed by atoms with Crippen LogP contribution >= 0.6 is 11.8 Å². The van der Waals surface area contributed by atoms with E-state index in [1.807, 2.05) is 54.7 Å². The van der Waals surface area contributed by atoms with Crippen LogP contribution in [-0.2, 0) is 11.3 Å². The first-order chi connectivity index (χ1) is 12.1. The molecule has 0 unspecified atom stereocenters. The van der Waals surface area contributed by atoms with Crippen molar-refractivity contribution in [2.75, 3.05) is 0 Å². The maximum Gasteiger partial charge on any atom is 0.321 e. The van der Waals surface area contributed by atoms with Crippen LogP contribution in [0.1, 0.15) is 12.5 Å². The molecule has 0 saturated carbocycles. The van der Waals surface area contributed by atoms with Crippen molar-refractivity contribution in [2.24, 2.45) is 0 Å². The molecule has 0 spiro atoms. The Hall–Kier alpha value is -2.87. The summed E-state index contributed by atoms with van der Waals surface area (Å²) in [6.45, 7) is 2.07. The molecule has 1 atom stereocenters. The quantitative estimate of drug-likeness (QED) is 0.685. The number of hydrogen-bond donors (Lipinski definition) is 2. The molecule has 0 radical (unpaired) electrons. The van der Waals surface area contributed by atoms with Crippen LogP contribution in [0.4, 0.5) is 4.79 Å². The van der Waals surface area contributed by atoms with Gasteiger partial charge in [-0.1, -0.05) is 48.2 Å². The Morgan fingerprint density at radius 3 is 2.68 bits per heavy atom.